The number of benzene rings is 1. The Morgan fingerprint density at radius 3 is 2.63 bits per heavy atom. The summed E-state index contributed by atoms with van der Waals surface area (Å²) in [5.74, 6) is 0. The average Bonchev–Trinajstić information content (AvgIpc) is 3.21. The van der Waals surface area contributed by atoms with Gasteiger partial charge in [-0.2, -0.15) is 0 Å². The van der Waals surface area contributed by atoms with Gasteiger partial charge in [0.25, 0.3) is 5.56 Å². The zero-order valence-electron chi connectivity index (χ0n) is 14.0. The van der Waals surface area contributed by atoms with Gasteiger partial charge in [-0.15, -0.1) is 0 Å². The lowest BCUT2D eigenvalue weighted by atomic mass is 10.1. The molecule has 10 heteroatoms. The Hall–Kier alpha value is -2.79. The Balaban J connectivity index is 1.74. The first kappa shape index (κ1) is 17.6. The molecule has 4 atom stereocenters. The molecule has 0 amide bonds. The summed E-state index contributed by atoms with van der Waals surface area (Å²) in [6.45, 7) is -0.654. The molecule has 0 radical (unpaired) electrons. The second-order valence-corrected chi connectivity index (χ2v) is 6.28. The lowest BCUT2D eigenvalue weighted by Crippen LogP contribution is -2.43. The number of para-hydroxylation sites is 1. The van der Waals surface area contributed by atoms with E-state index in [1.54, 1.807) is 24.3 Å². The number of fused-ring (bicyclic) bond motifs is 1. The van der Waals surface area contributed by atoms with Crippen LogP contribution < -0.4 is 11.2 Å². The highest BCUT2D eigenvalue weighted by Crippen LogP contribution is 2.27. The van der Waals surface area contributed by atoms with Gasteiger partial charge in [-0.25, -0.2) is 4.79 Å². The predicted octanol–water partition coefficient (Wildman–Crippen LogP) is -1.19. The Morgan fingerprint density at radius 1 is 1.11 bits per heavy atom. The molecule has 10 nitrogen and oxygen atoms in total. The molecule has 1 saturated heterocycles. The number of hydrogen-bond acceptors (Lipinski definition) is 8. The maximum atomic E-state index is 12.8. The molecule has 3 aromatic rings. The molecular weight excluding hydrogens is 358 g/mol. The van der Waals surface area contributed by atoms with E-state index < -0.39 is 42.4 Å². The van der Waals surface area contributed by atoms with Crippen molar-refractivity contribution in [1.29, 1.82) is 0 Å². The molecule has 27 heavy (non-hydrogen) atoms. The van der Waals surface area contributed by atoms with Gasteiger partial charge in [0, 0.05) is 17.6 Å². The number of aliphatic hydroxyl groups excluding tert-OH is 3. The molecule has 0 saturated carbocycles. The van der Waals surface area contributed by atoms with E-state index in [1.807, 2.05) is 0 Å². The quantitative estimate of drug-likeness (QED) is 0.517. The van der Waals surface area contributed by atoms with Crippen LogP contribution in [0.1, 0.15) is 11.9 Å². The van der Waals surface area contributed by atoms with Crippen molar-refractivity contribution < 1.29 is 24.6 Å². The molecule has 1 aliphatic rings. The molecule has 1 unspecified atom stereocenters. The Bertz CT molecular complexity index is 1090. The summed E-state index contributed by atoms with van der Waals surface area (Å²) in [5.41, 5.74) is -0.372. The highest BCUT2D eigenvalue weighted by molar-refractivity contribution is 5.79. The van der Waals surface area contributed by atoms with Gasteiger partial charge in [0.1, 0.15) is 24.0 Å². The molecule has 1 fully saturated rings. The molecule has 142 valence electrons. The van der Waals surface area contributed by atoms with Gasteiger partial charge in [0.2, 0.25) is 0 Å². The zero-order valence-corrected chi connectivity index (χ0v) is 14.0. The molecule has 0 bridgehead atoms. The summed E-state index contributed by atoms with van der Waals surface area (Å²) in [4.78, 5) is 25.1. The third-order valence-electron chi connectivity index (χ3n) is 4.65. The van der Waals surface area contributed by atoms with Gasteiger partial charge in [-0.3, -0.25) is 13.9 Å². The minimum atomic E-state index is -1.43. The van der Waals surface area contributed by atoms with Crippen molar-refractivity contribution >= 4 is 11.0 Å². The van der Waals surface area contributed by atoms with E-state index in [-0.39, 0.29) is 6.54 Å². The summed E-state index contributed by atoms with van der Waals surface area (Å²) in [5, 5.41) is 33.8. The molecule has 3 N–H and O–H groups in total. The van der Waals surface area contributed by atoms with Gasteiger partial charge in [0.05, 0.1) is 13.2 Å². The van der Waals surface area contributed by atoms with E-state index in [0.29, 0.717) is 16.7 Å². The van der Waals surface area contributed by atoms with Crippen LogP contribution in [-0.4, -0.2) is 54.5 Å². The van der Waals surface area contributed by atoms with Crippen LogP contribution in [-0.2, 0) is 11.3 Å². The molecule has 1 aromatic carbocycles. The number of aliphatic hydroxyl groups is 3. The van der Waals surface area contributed by atoms with Crippen LogP contribution in [0.4, 0.5) is 0 Å². The fourth-order valence-electron chi connectivity index (χ4n) is 3.18. The molecule has 0 aliphatic carbocycles. The average molecular weight is 375 g/mol. The normalized spacial score (nSPS) is 25.3. The first-order valence-corrected chi connectivity index (χ1v) is 8.29. The van der Waals surface area contributed by atoms with E-state index >= 15 is 0 Å². The molecule has 0 spiro atoms. The summed E-state index contributed by atoms with van der Waals surface area (Å²) >= 11 is 0. The largest absolute Gasteiger partial charge is 0.394 e. The van der Waals surface area contributed by atoms with Crippen molar-refractivity contribution in [3.8, 4) is 0 Å². The molecule has 2 aromatic heterocycles. The zero-order chi connectivity index (χ0) is 19.1. The second-order valence-electron chi connectivity index (χ2n) is 6.28. The van der Waals surface area contributed by atoms with E-state index in [2.05, 4.69) is 5.16 Å². The highest BCUT2D eigenvalue weighted by atomic mass is 16.6. The van der Waals surface area contributed by atoms with Crippen molar-refractivity contribution in [1.82, 2.24) is 14.3 Å². The number of rotatable bonds is 4. The lowest BCUT2D eigenvalue weighted by molar-refractivity contribution is -0.0555. The van der Waals surface area contributed by atoms with Gasteiger partial charge in [-0.05, 0) is 12.1 Å². The van der Waals surface area contributed by atoms with Crippen molar-refractivity contribution in [2.45, 2.75) is 31.1 Å². The van der Waals surface area contributed by atoms with Crippen LogP contribution in [0.2, 0.25) is 0 Å². The SMILES string of the molecule is O=c1ccn([C@@H]2O[C@H](CO)C(O)[C@@H]2O)c(=O)n1Cc1noc2ccccc12. The van der Waals surface area contributed by atoms with Gasteiger partial charge in [-0.1, -0.05) is 17.3 Å². The minimum absolute atomic E-state index is 0.135. The van der Waals surface area contributed by atoms with Gasteiger partial charge in [0.15, 0.2) is 11.8 Å². The number of hydrogen-bond donors (Lipinski definition) is 3. The topological polar surface area (TPSA) is 140 Å². The van der Waals surface area contributed by atoms with Gasteiger partial charge < -0.3 is 24.6 Å². The maximum Gasteiger partial charge on any atom is 0.333 e. The Labute approximate surface area is 151 Å². The second kappa shape index (κ2) is 6.74. The molecular formula is C17H17N3O7. The van der Waals surface area contributed by atoms with Crippen LogP contribution >= 0.6 is 0 Å². The minimum Gasteiger partial charge on any atom is -0.394 e. The Kier molecular flexibility index (Phi) is 4.40. The van der Waals surface area contributed by atoms with Crippen LogP contribution in [0, 0.1) is 0 Å². The fraction of sp³-hybridized carbons (Fsp3) is 0.353. The third-order valence-corrected chi connectivity index (χ3v) is 4.65. The summed E-state index contributed by atoms with van der Waals surface area (Å²) < 4.78 is 12.5. The number of ether oxygens (including phenoxy) is 1. The van der Waals surface area contributed by atoms with Crippen molar-refractivity contribution in [3.05, 3.63) is 63.1 Å². The van der Waals surface area contributed by atoms with E-state index in [4.69, 9.17) is 9.26 Å². The smallest absolute Gasteiger partial charge is 0.333 e. The van der Waals surface area contributed by atoms with Crippen molar-refractivity contribution in [2.24, 2.45) is 0 Å². The van der Waals surface area contributed by atoms with Crippen LogP contribution in [0.15, 0.2) is 50.6 Å². The summed E-state index contributed by atoms with van der Waals surface area (Å²) in [7, 11) is 0. The lowest BCUT2D eigenvalue weighted by Gasteiger charge is -2.18. The predicted molar refractivity (Wildman–Crippen MR) is 91.1 cm³/mol. The van der Waals surface area contributed by atoms with Crippen LogP contribution in [0.5, 0.6) is 0 Å². The maximum absolute atomic E-state index is 12.8. The molecule has 3 heterocycles. The summed E-state index contributed by atoms with van der Waals surface area (Å²) in [6.07, 6.45) is -3.87. The first-order valence-electron chi connectivity index (χ1n) is 8.29. The van der Waals surface area contributed by atoms with Crippen molar-refractivity contribution in [2.75, 3.05) is 6.61 Å². The number of aromatic nitrogens is 3. The Morgan fingerprint density at radius 2 is 1.89 bits per heavy atom. The third kappa shape index (κ3) is 2.88. The summed E-state index contributed by atoms with van der Waals surface area (Å²) in [6, 6.07) is 8.20. The van der Waals surface area contributed by atoms with Crippen LogP contribution in [0.25, 0.3) is 11.0 Å². The number of nitrogens with zero attached hydrogens (tertiary/aromatic N) is 3. The van der Waals surface area contributed by atoms with Crippen molar-refractivity contribution in [3.63, 3.8) is 0 Å². The molecule has 4 rings (SSSR count). The monoisotopic (exact) mass is 375 g/mol. The van der Waals surface area contributed by atoms with E-state index in [1.165, 1.54) is 6.20 Å². The standard InChI is InChI=1S/C17H17N3O7/c21-8-12-14(23)15(24)16(26-12)19-6-5-13(22)20(17(19)25)7-10-9-3-1-2-4-11(9)27-18-10/h1-6,12,14-16,21,23-24H,7-8H2/t12-,14?,15+,16-/m1/s1. The molecule has 1 aliphatic heterocycles. The van der Waals surface area contributed by atoms with Crippen LogP contribution in [0.3, 0.4) is 0 Å². The highest BCUT2D eigenvalue weighted by Gasteiger charge is 2.43. The first-order chi connectivity index (χ1) is 13.0. The van der Waals surface area contributed by atoms with Gasteiger partial charge >= 0.3 is 5.69 Å². The van der Waals surface area contributed by atoms with E-state index in [0.717, 1.165) is 15.2 Å². The fourth-order valence-corrected chi connectivity index (χ4v) is 3.18. The van der Waals surface area contributed by atoms with E-state index in [9.17, 15) is 24.9 Å².